The number of fused-ring (bicyclic) bond motifs is 1. The fourth-order valence-corrected chi connectivity index (χ4v) is 3.54. The minimum Gasteiger partial charge on any atom is -0.350 e. The number of hydrogen-bond donors (Lipinski definition) is 1. The molecule has 1 fully saturated rings. The zero-order valence-corrected chi connectivity index (χ0v) is 15.0. The van der Waals surface area contributed by atoms with Crippen LogP contribution < -0.4 is 5.32 Å². The molecule has 27 heavy (non-hydrogen) atoms. The van der Waals surface area contributed by atoms with Gasteiger partial charge in [0.25, 0.3) is 0 Å². The van der Waals surface area contributed by atoms with Crippen LogP contribution in [-0.2, 0) is 22.7 Å². The van der Waals surface area contributed by atoms with Gasteiger partial charge in [0, 0.05) is 31.1 Å². The number of carbonyl (C=O) groups excluding carboxylic acids is 2. The second-order valence-electron chi connectivity index (χ2n) is 6.86. The third kappa shape index (κ3) is 3.82. The quantitative estimate of drug-likeness (QED) is 0.762. The van der Waals surface area contributed by atoms with Gasteiger partial charge in [-0.25, -0.2) is 0 Å². The van der Waals surface area contributed by atoms with Crippen LogP contribution in [0.25, 0.3) is 10.8 Å². The molecular formula is C22H21N3O2. The zero-order valence-electron chi connectivity index (χ0n) is 15.0. The molecule has 5 heteroatoms. The summed E-state index contributed by atoms with van der Waals surface area (Å²) in [7, 11) is 0. The van der Waals surface area contributed by atoms with Crippen LogP contribution in [-0.4, -0.2) is 28.2 Å². The van der Waals surface area contributed by atoms with Crippen molar-refractivity contribution >= 4 is 22.6 Å². The molecule has 0 spiro atoms. The Morgan fingerprint density at radius 3 is 2.70 bits per heavy atom. The smallest absolute Gasteiger partial charge is 0.225 e. The molecule has 0 bridgehead atoms. The molecule has 1 atom stereocenters. The van der Waals surface area contributed by atoms with Crippen LogP contribution >= 0.6 is 0 Å². The number of amides is 2. The first-order valence-corrected chi connectivity index (χ1v) is 9.13. The van der Waals surface area contributed by atoms with E-state index in [0.29, 0.717) is 19.6 Å². The molecule has 0 radical (unpaired) electrons. The first-order valence-electron chi connectivity index (χ1n) is 9.13. The molecule has 5 nitrogen and oxygen atoms in total. The second kappa shape index (κ2) is 7.58. The number of aromatic nitrogens is 1. The molecular weight excluding hydrogens is 338 g/mol. The highest BCUT2D eigenvalue weighted by Crippen LogP contribution is 2.21. The summed E-state index contributed by atoms with van der Waals surface area (Å²) in [4.78, 5) is 31.0. The Bertz CT molecular complexity index is 966. The van der Waals surface area contributed by atoms with Gasteiger partial charge in [-0.1, -0.05) is 54.6 Å². The standard InChI is InChI=1S/C22H21N3O2/c26-21-12-18(15-25(21)14-16-6-2-1-3-7-16)22(27)24-13-20-19-9-5-4-8-17(19)10-11-23-20/h1-11,18H,12-15H2,(H,24,27)/t18-/m1/s1. The predicted octanol–water partition coefficient (Wildman–Crippen LogP) is 2.90. The maximum Gasteiger partial charge on any atom is 0.225 e. The van der Waals surface area contributed by atoms with Crippen molar-refractivity contribution in [3.63, 3.8) is 0 Å². The number of benzene rings is 2. The van der Waals surface area contributed by atoms with Crippen molar-refractivity contribution in [2.24, 2.45) is 5.92 Å². The number of hydrogen-bond acceptors (Lipinski definition) is 3. The molecule has 1 saturated heterocycles. The predicted molar refractivity (Wildman–Crippen MR) is 104 cm³/mol. The van der Waals surface area contributed by atoms with Crippen LogP contribution in [0.4, 0.5) is 0 Å². The van der Waals surface area contributed by atoms with E-state index in [2.05, 4.69) is 10.3 Å². The Balaban J connectivity index is 1.38. The van der Waals surface area contributed by atoms with Crippen LogP contribution in [0.2, 0.25) is 0 Å². The summed E-state index contributed by atoms with van der Waals surface area (Å²) in [6.07, 6.45) is 2.02. The van der Waals surface area contributed by atoms with Crippen molar-refractivity contribution in [3.8, 4) is 0 Å². The lowest BCUT2D eigenvalue weighted by molar-refractivity contribution is -0.129. The fourth-order valence-electron chi connectivity index (χ4n) is 3.54. The summed E-state index contributed by atoms with van der Waals surface area (Å²) >= 11 is 0. The molecule has 0 aliphatic carbocycles. The zero-order chi connectivity index (χ0) is 18.6. The molecule has 2 aromatic carbocycles. The van der Waals surface area contributed by atoms with E-state index in [0.717, 1.165) is 22.0 Å². The summed E-state index contributed by atoms with van der Waals surface area (Å²) in [5, 5.41) is 5.09. The average molecular weight is 359 g/mol. The van der Waals surface area contributed by atoms with Gasteiger partial charge in [0.05, 0.1) is 18.2 Å². The van der Waals surface area contributed by atoms with Crippen molar-refractivity contribution < 1.29 is 9.59 Å². The highest BCUT2D eigenvalue weighted by atomic mass is 16.2. The Labute approximate surface area is 158 Å². The minimum atomic E-state index is -0.309. The van der Waals surface area contributed by atoms with E-state index in [9.17, 15) is 9.59 Å². The maximum atomic E-state index is 12.6. The van der Waals surface area contributed by atoms with Crippen molar-refractivity contribution in [1.82, 2.24) is 15.2 Å². The van der Waals surface area contributed by atoms with E-state index < -0.39 is 0 Å². The SMILES string of the molecule is O=C(NCc1nccc2ccccc12)[C@@H]1CC(=O)N(Cc2ccccc2)C1. The van der Waals surface area contributed by atoms with E-state index >= 15 is 0 Å². The van der Waals surface area contributed by atoms with E-state index in [1.807, 2.05) is 60.7 Å². The second-order valence-corrected chi connectivity index (χ2v) is 6.86. The first kappa shape index (κ1) is 17.2. The van der Waals surface area contributed by atoms with Gasteiger partial charge in [-0.05, 0) is 17.0 Å². The lowest BCUT2D eigenvalue weighted by Crippen LogP contribution is -2.32. The van der Waals surface area contributed by atoms with Gasteiger partial charge >= 0.3 is 0 Å². The number of rotatable bonds is 5. The van der Waals surface area contributed by atoms with Gasteiger partial charge in [-0.15, -0.1) is 0 Å². The summed E-state index contributed by atoms with van der Waals surface area (Å²) < 4.78 is 0. The third-order valence-corrected chi connectivity index (χ3v) is 4.99. The molecule has 1 N–H and O–H groups in total. The Kier molecular flexibility index (Phi) is 4.83. The highest BCUT2D eigenvalue weighted by molar-refractivity contribution is 5.89. The highest BCUT2D eigenvalue weighted by Gasteiger charge is 2.34. The molecule has 136 valence electrons. The number of likely N-dealkylation sites (tertiary alicyclic amines) is 1. The van der Waals surface area contributed by atoms with Gasteiger partial charge < -0.3 is 10.2 Å². The first-order chi connectivity index (χ1) is 13.2. The number of pyridine rings is 1. The molecule has 1 aliphatic heterocycles. The summed E-state index contributed by atoms with van der Waals surface area (Å²) in [5.74, 6) is -0.368. The normalized spacial score (nSPS) is 16.7. The van der Waals surface area contributed by atoms with E-state index in [1.165, 1.54) is 0 Å². The molecule has 2 amide bonds. The Morgan fingerprint density at radius 2 is 1.85 bits per heavy atom. The molecule has 2 heterocycles. The number of nitrogens with zero attached hydrogens (tertiary/aromatic N) is 2. The summed E-state index contributed by atoms with van der Waals surface area (Å²) in [6, 6.07) is 19.8. The van der Waals surface area contributed by atoms with E-state index in [1.54, 1.807) is 11.1 Å². The van der Waals surface area contributed by atoms with Crippen molar-refractivity contribution in [2.45, 2.75) is 19.5 Å². The number of carbonyl (C=O) groups is 2. The Morgan fingerprint density at radius 1 is 1.07 bits per heavy atom. The molecule has 0 saturated carbocycles. The van der Waals surface area contributed by atoms with Crippen molar-refractivity contribution in [3.05, 3.63) is 78.1 Å². The lowest BCUT2D eigenvalue weighted by atomic mass is 10.1. The topological polar surface area (TPSA) is 62.3 Å². The fraction of sp³-hybridized carbons (Fsp3) is 0.227. The molecule has 1 aliphatic rings. The molecule has 1 aromatic heterocycles. The van der Waals surface area contributed by atoms with Crippen LogP contribution in [0.15, 0.2) is 66.9 Å². The monoisotopic (exact) mass is 359 g/mol. The van der Waals surface area contributed by atoms with Gasteiger partial charge in [0.15, 0.2) is 0 Å². The maximum absolute atomic E-state index is 12.6. The molecule has 4 rings (SSSR count). The lowest BCUT2D eigenvalue weighted by Gasteiger charge is -2.16. The molecule has 3 aromatic rings. The van der Waals surface area contributed by atoms with Crippen LogP contribution in [0.5, 0.6) is 0 Å². The average Bonchev–Trinajstić information content (AvgIpc) is 3.07. The minimum absolute atomic E-state index is 0.0299. The molecule has 0 unspecified atom stereocenters. The van der Waals surface area contributed by atoms with Gasteiger partial charge in [-0.3, -0.25) is 14.6 Å². The van der Waals surface area contributed by atoms with Gasteiger partial charge in [0.1, 0.15) is 0 Å². The largest absolute Gasteiger partial charge is 0.350 e. The Hall–Kier alpha value is -3.21. The van der Waals surface area contributed by atoms with E-state index in [4.69, 9.17) is 0 Å². The van der Waals surface area contributed by atoms with Crippen LogP contribution in [0.1, 0.15) is 17.7 Å². The summed E-state index contributed by atoms with van der Waals surface area (Å²) in [6.45, 7) is 1.38. The van der Waals surface area contributed by atoms with Crippen LogP contribution in [0.3, 0.4) is 0 Å². The summed E-state index contributed by atoms with van der Waals surface area (Å²) in [5.41, 5.74) is 1.92. The van der Waals surface area contributed by atoms with Crippen LogP contribution in [0, 0.1) is 5.92 Å². The van der Waals surface area contributed by atoms with Gasteiger partial charge in [0.2, 0.25) is 11.8 Å². The number of nitrogens with one attached hydrogen (secondary N) is 1. The van der Waals surface area contributed by atoms with Crippen molar-refractivity contribution in [2.75, 3.05) is 6.54 Å². The van der Waals surface area contributed by atoms with E-state index in [-0.39, 0.29) is 24.2 Å². The third-order valence-electron chi connectivity index (χ3n) is 4.99. The van der Waals surface area contributed by atoms with Gasteiger partial charge in [-0.2, -0.15) is 0 Å². The van der Waals surface area contributed by atoms with Crippen molar-refractivity contribution in [1.29, 1.82) is 0 Å².